The van der Waals surface area contributed by atoms with Crippen molar-refractivity contribution in [1.29, 1.82) is 0 Å². The molecule has 100 valence electrons. The minimum atomic E-state index is -5.72. The van der Waals surface area contributed by atoms with Crippen LogP contribution in [0.15, 0.2) is 30.3 Å². The Morgan fingerprint density at radius 3 is 2.11 bits per heavy atom. The molecule has 0 saturated heterocycles. The number of nitrogens with one attached hydrogen (secondary N) is 1. The van der Waals surface area contributed by atoms with E-state index >= 15 is 0 Å². The molecular formula is C9H8F3NO4S. The van der Waals surface area contributed by atoms with Gasteiger partial charge in [0, 0.05) is 0 Å². The smallest absolute Gasteiger partial charge is 0.480 e. The zero-order chi connectivity index (χ0) is 14.0. The molecule has 0 aliphatic heterocycles. The van der Waals surface area contributed by atoms with Gasteiger partial charge in [0.1, 0.15) is 6.04 Å². The molecule has 2 N–H and O–H groups in total. The lowest BCUT2D eigenvalue weighted by Crippen LogP contribution is -2.41. The molecule has 0 aromatic heterocycles. The Balaban J connectivity index is 3.08. The van der Waals surface area contributed by atoms with E-state index in [0.29, 0.717) is 0 Å². The molecule has 1 aromatic carbocycles. The van der Waals surface area contributed by atoms with Crippen LogP contribution in [0.3, 0.4) is 0 Å². The Hall–Kier alpha value is -1.61. The Morgan fingerprint density at radius 1 is 1.22 bits per heavy atom. The molecule has 0 spiro atoms. The molecule has 5 nitrogen and oxygen atoms in total. The number of aliphatic carboxylic acids is 1. The lowest BCUT2D eigenvalue weighted by atomic mass is 10.1. The predicted octanol–water partition coefficient (Wildman–Crippen LogP) is 1.25. The topological polar surface area (TPSA) is 83.5 Å². The molecule has 9 heteroatoms. The monoisotopic (exact) mass is 283 g/mol. The quantitative estimate of drug-likeness (QED) is 0.871. The van der Waals surface area contributed by atoms with Crippen LogP contribution in [-0.2, 0) is 14.8 Å². The highest BCUT2D eigenvalue weighted by atomic mass is 32.2. The fourth-order valence-corrected chi connectivity index (χ4v) is 1.81. The predicted molar refractivity (Wildman–Crippen MR) is 54.9 cm³/mol. The number of carbonyl (C=O) groups is 1. The first kappa shape index (κ1) is 14.5. The molecule has 0 saturated carbocycles. The van der Waals surface area contributed by atoms with Gasteiger partial charge < -0.3 is 5.11 Å². The fraction of sp³-hybridized carbons (Fsp3) is 0.222. The van der Waals surface area contributed by atoms with Crippen LogP contribution in [0.1, 0.15) is 11.6 Å². The molecule has 1 atom stereocenters. The van der Waals surface area contributed by atoms with E-state index in [1.807, 2.05) is 0 Å². The van der Waals surface area contributed by atoms with Crippen molar-refractivity contribution in [2.45, 2.75) is 11.6 Å². The third-order valence-electron chi connectivity index (χ3n) is 1.96. The second-order valence-electron chi connectivity index (χ2n) is 3.25. The summed E-state index contributed by atoms with van der Waals surface area (Å²) in [5.74, 6) is -1.73. The van der Waals surface area contributed by atoms with Gasteiger partial charge in [0.25, 0.3) is 0 Å². The van der Waals surface area contributed by atoms with Crippen LogP contribution < -0.4 is 4.72 Å². The number of carboxylic acid groups (broad SMARTS) is 1. The summed E-state index contributed by atoms with van der Waals surface area (Å²) in [6.07, 6.45) is 0. The normalized spacial score (nSPS) is 14.2. The average Bonchev–Trinajstić information content (AvgIpc) is 2.25. The molecule has 0 amide bonds. The Bertz CT molecular complexity index is 526. The standard InChI is InChI=1S/C9H8F3NO4S/c10-9(11,12)18(16,17)13-7(8(14)15)6-4-2-1-3-5-6/h1-5,7,13H,(H,14,15). The molecule has 0 fully saturated rings. The summed E-state index contributed by atoms with van der Waals surface area (Å²) in [4.78, 5) is 10.8. The lowest BCUT2D eigenvalue weighted by Gasteiger charge is -2.16. The minimum Gasteiger partial charge on any atom is -0.480 e. The maximum absolute atomic E-state index is 12.1. The second-order valence-corrected chi connectivity index (χ2v) is 4.95. The average molecular weight is 283 g/mol. The van der Waals surface area contributed by atoms with E-state index < -0.39 is 27.5 Å². The van der Waals surface area contributed by atoms with E-state index in [-0.39, 0.29) is 5.56 Å². The fourth-order valence-electron chi connectivity index (χ4n) is 1.13. The van der Waals surface area contributed by atoms with Gasteiger partial charge in [-0.2, -0.15) is 17.9 Å². The summed E-state index contributed by atoms with van der Waals surface area (Å²) in [6, 6.07) is 4.70. The molecule has 0 radical (unpaired) electrons. The molecule has 1 rings (SSSR count). The van der Waals surface area contributed by atoms with Gasteiger partial charge in [-0.25, -0.2) is 8.42 Å². The van der Waals surface area contributed by atoms with Crippen molar-refractivity contribution >= 4 is 16.0 Å². The van der Waals surface area contributed by atoms with Crippen molar-refractivity contribution < 1.29 is 31.5 Å². The molecular weight excluding hydrogens is 275 g/mol. The van der Waals surface area contributed by atoms with Gasteiger partial charge in [0.05, 0.1) is 0 Å². The maximum Gasteiger partial charge on any atom is 0.511 e. The summed E-state index contributed by atoms with van der Waals surface area (Å²) >= 11 is 0. The molecule has 0 aliphatic carbocycles. The number of hydrogen-bond donors (Lipinski definition) is 2. The third kappa shape index (κ3) is 3.20. The van der Waals surface area contributed by atoms with E-state index in [9.17, 15) is 26.4 Å². The number of halogens is 3. The Morgan fingerprint density at radius 2 is 1.72 bits per heavy atom. The van der Waals surface area contributed by atoms with Crippen molar-refractivity contribution in [2.24, 2.45) is 0 Å². The van der Waals surface area contributed by atoms with Gasteiger partial charge in [-0.3, -0.25) is 4.79 Å². The van der Waals surface area contributed by atoms with Gasteiger partial charge in [-0.05, 0) is 5.56 Å². The number of benzene rings is 1. The molecule has 1 aromatic rings. The number of rotatable bonds is 4. The summed E-state index contributed by atoms with van der Waals surface area (Å²) in [5.41, 5.74) is -5.66. The van der Waals surface area contributed by atoms with E-state index in [1.54, 1.807) is 0 Å². The highest BCUT2D eigenvalue weighted by Crippen LogP contribution is 2.25. The van der Waals surface area contributed by atoms with E-state index in [4.69, 9.17) is 5.11 Å². The molecule has 18 heavy (non-hydrogen) atoms. The van der Waals surface area contributed by atoms with Crippen LogP contribution >= 0.6 is 0 Å². The van der Waals surface area contributed by atoms with Gasteiger partial charge in [0.2, 0.25) is 0 Å². The minimum absolute atomic E-state index is 0.0992. The maximum atomic E-state index is 12.1. The number of carboxylic acids is 1. The summed E-state index contributed by atoms with van der Waals surface area (Å²) in [6.45, 7) is 0. The highest BCUT2D eigenvalue weighted by Gasteiger charge is 2.47. The van der Waals surface area contributed by atoms with Crippen molar-refractivity contribution in [2.75, 3.05) is 0 Å². The number of hydrogen-bond acceptors (Lipinski definition) is 3. The van der Waals surface area contributed by atoms with Gasteiger partial charge >= 0.3 is 21.5 Å². The second kappa shape index (κ2) is 4.94. The lowest BCUT2D eigenvalue weighted by molar-refractivity contribution is -0.139. The van der Waals surface area contributed by atoms with Crippen molar-refractivity contribution in [3.05, 3.63) is 35.9 Å². The van der Waals surface area contributed by atoms with Gasteiger partial charge in [0.15, 0.2) is 0 Å². The third-order valence-corrected chi connectivity index (χ3v) is 3.11. The first-order chi connectivity index (χ1) is 8.15. The first-order valence-corrected chi connectivity index (χ1v) is 6.00. The summed E-state index contributed by atoms with van der Waals surface area (Å²) < 4.78 is 59.2. The number of sulfonamides is 1. The van der Waals surface area contributed by atoms with Crippen LogP contribution in [0, 0.1) is 0 Å². The van der Waals surface area contributed by atoms with Crippen LogP contribution in [0.2, 0.25) is 0 Å². The zero-order valence-corrected chi connectivity index (χ0v) is 9.49. The van der Waals surface area contributed by atoms with Crippen molar-refractivity contribution in [3.63, 3.8) is 0 Å². The largest absolute Gasteiger partial charge is 0.511 e. The van der Waals surface area contributed by atoms with E-state index in [1.165, 1.54) is 30.3 Å². The van der Waals surface area contributed by atoms with Gasteiger partial charge in [-0.1, -0.05) is 30.3 Å². The summed E-state index contributed by atoms with van der Waals surface area (Å²) in [7, 11) is -5.72. The van der Waals surface area contributed by atoms with Crippen LogP contribution in [0.25, 0.3) is 0 Å². The summed E-state index contributed by atoms with van der Waals surface area (Å²) in [5, 5.41) is 8.76. The van der Waals surface area contributed by atoms with E-state index in [0.717, 1.165) is 4.72 Å². The van der Waals surface area contributed by atoms with Crippen LogP contribution in [0.5, 0.6) is 0 Å². The Kier molecular flexibility index (Phi) is 3.97. The number of alkyl halides is 3. The molecule has 0 aliphatic rings. The first-order valence-electron chi connectivity index (χ1n) is 4.51. The molecule has 1 unspecified atom stereocenters. The Labute approximate surface area is 100 Å². The van der Waals surface area contributed by atoms with Crippen LogP contribution in [0.4, 0.5) is 13.2 Å². The van der Waals surface area contributed by atoms with Crippen LogP contribution in [-0.4, -0.2) is 25.0 Å². The van der Waals surface area contributed by atoms with E-state index in [2.05, 4.69) is 0 Å². The molecule has 0 bridgehead atoms. The van der Waals surface area contributed by atoms with Crippen molar-refractivity contribution in [1.82, 2.24) is 4.72 Å². The zero-order valence-electron chi connectivity index (χ0n) is 8.68. The highest BCUT2D eigenvalue weighted by molar-refractivity contribution is 7.90. The van der Waals surface area contributed by atoms with Gasteiger partial charge in [-0.15, -0.1) is 0 Å². The van der Waals surface area contributed by atoms with Crippen molar-refractivity contribution in [3.8, 4) is 0 Å². The SMILES string of the molecule is O=C(O)C(NS(=O)(=O)C(F)(F)F)c1ccccc1. The molecule has 0 heterocycles.